The standard InChI is InChI=1S/C20H17ClN6O/c1-14-18(19(21)26(25-14)11-15-5-3-2-4-6-15)20(28)24-16-7-9-17(10-8-16)27-13-22-12-23-27/h2-10,12-13H,11H2,1H3,(H,24,28). The number of nitrogens with zero attached hydrogens (tertiary/aromatic N) is 5. The first-order valence-electron chi connectivity index (χ1n) is 8.65. The summed E-state index contributed by atoms with van der Waals surface area (Å²) in [5.41, 5.74) is 3.51. The van der Waals surface area contributed by atoms with Crippen LogP contribution in [0.25, 0.3) is 5.69 Å². The fourth-order valence-electron chi connectivity index (χ4n) is 2.91. The second-order valence-corrected chi connectivity index (χ2v) is 6.59. The molecule has 2 heterocycles. The summed E-state index contributed by atoms with van der Waals surface area (Å²) in [5, 5.41) is 11.7. The van der Waals surface area contributed by atoms with Gasteiger partial charge in [0.2, 0.25) is 0 Å². The number of aryl methyl sites for hydroxylation is 1. The third-order valence-corrected chi connectivity index (χ3v) is 4.66. The molecular formula is C20H17ClN6O. The van der Waals surface area contributed by atoms with Crippen molar-refractivity contribution in [2.24, 2.45) is 0 Å². The first-order valence-corrected chi connectivity index (χ1v) is 9.03. The Morgan fingerprint density at radius 2 is 1.86 bits per heavy atom. The van der Waals surface area contributed by atoms with Gasteiger partial charge in [0.15, 0.2) is 0 Å². The van der Waals surface area contributed by atoms with E-state index in [1.54, 1.807) is 34.7 Å². The molecule has 0 unspecified atom stereocenters. The first kappa shape index (κ1) is 17.9. The highest BCUT2D eigenvalue weighted by atomic mass is 35.5. The van der Waals surface area contributed by atoms with Crippen LogP contribution in [0.2, 0.25) is 5.15 Å². The number of nitrogens with one attached hydrogen (secondary N) is 1. The molecule has 140 valence electrons. The minimum Gasteiger partial charge on any atom is -0.322 e. The van der Waals surface area contributed by atoms with Crippen molar-refractivity contribution in [1.29, 1.82) is 0 Å². The average Bonchev–Trinajstić information content (AvgIpc) is 3.32. The summed E-state index contributed by atoms with van der Waals surface area (Å²) in [6.45, 7) is 2.27. The van der Waals surface area contributed by atoms with Crippen LogP contribution in [0.15, 0.2) is 67.3 Å². The van der Waals surface area contributed by atoms with Gasteiger partial charge in [-0.05, 0) is 36.8 Å². The van der Waals surface area contributed by atoms with Crippen LogP contribution in [-0.4, -0.2) is 30.5 Å². The molecule has 1 N–H and O–H groups in total. The number of anilines is 1. The number of carbonyl (C=O) groups excluding carboxylic acids is 1. The third-order valence-electron chi connectivity index (χ3n) is 4.28. The van der Waals surface area contributed by atoms with Crippen LogP contribution in [0.3, 0.4) is 0 Å². The van der Waals surface area contributed by atoms with Crippen molar-refractivity contribution in [2.45, 2.75) is 13.5 Å². The van der Waals surface area contributed by atoms with Gasteiger partial charge in [-0.15, -0.1) is 0 Å². The van der Waals surface area contributed by atoms with Crippen molar-refractivity contribution in [3.05, 3.63) is 89.2 Å². The maximum absolute atomic E-state index is 12.8. The van der Waals surface area contributed by atoms with E-state index in [2.05, 4.69) is 20.5 Å². The molecule has 0 aliphatic rings. The zero-order valence-corrected chi connectivity index (χ0v) is 15.8. The Balaban J connectivity index is 1.52. The van der Waals surface area contributed by atoms with Crippen LogP contribution in [0, 0.1) is 6.92 Å². The molecule has 7 nitrogen and oxygen atoms in total. The Labute approximate surface area is 166 Å². The summed E-state index contributed by atoms with van der Waals surface area (Å²) >= 11 is 6.45. The zero-order valence-electron chi connectivity index (χ0n) is 15.1. The van der Waals surface area contributed by atoms with Crippen molar-refractivity contribution in [1.82, 2.24) is 24.5 Å². The third kappa shape index (κ3) is 3.65. The Morgan fingerprint density at radius 3 is 2.54 bits per heavy atom. The van der Waals surface area contributed by atoms with E-state index in [1.807, 2.05) is 42.5 Å². The molecule has 4 rings (SSSR count). The Bertz CT molecular complexity index is 1090. The summed E-state index contributed by atoms with van der Waals surface area (Å²) in [6, 6.07) is 17.1. The molecule has 1 amide bonds. The summed E-state index contributed by atoms with van der Waals surface area (Å²) in [6.07, 6.45) is 3.07. The number of rotatable bonds is 5. The van der Waals surface area contributed by atoms with Crippen molar-refractivity contribution >= 4 is 23.2 Å². The van der Waals surface area contributed by atoms with E-state index >= 15 is 0 Å². The predicted molar refractivity (Wildman–Crippen MR) is 107 cm³/mol. The van der Waals surface area contributed by atoms with Crippen LogP contribution >= 0.6 is 11.6 Å². The Morgan fingerprint density at radius 1 is 1.11 bits per heavy atom. The number of amides is 1. The largest absolute Gasteiger partial charge is 0.322 e. The van der Waals surface area contributed by atoms with Gasteiger partial charge >= 0.3 is 0 Å². The lowest BCUT2D eigenvalue weighted by molar-refractivity contribution is 0.102. The molecule has 0 aliphatic carbocycles. The van der Waals surface area contributed by atoms with Crippen LogP contribution in [0.5, 0.6) is 0 Å². The second-order valence-electron chi connectivity index (χ2n) is 6.24. The van der Waals surface area contributed by atoms with E-state index < -0.39 is 0 Å². The number of hydrogen-bond acceptors (Lipinski definition) is 4. The number of benzene rings is 2. The van der Waals surface area contributed by atoms with Gasteiger partial charge in [-0.25, -0.2) is 14.3 Å². The second kappa shape index (κ2) is 7.66. The van der Waals surface area contributed by atoms with Crippen molar-refractivity contribution in [3.8, 4) is 5.69 Å². The number of aromatic nitrogens is 5. The molecule has 0 fully saturated rings. The van der Waals surface area contributed by atoms with Gasteiger partial charge in [-0.1, -0.05) is 41.9 Å². The van der Waals surface area contributed by atoms with E-state index in [-0.39, 0.29) is 5.91 Å². The molecule has 0 radical (unpaired) electrons. The van der Waals surface area contributed by atoms with Gasteiger partial charge in [-0.3, -0.25) is 4.79 Å². The fraction of sp³-hybridized carbons (Fsp3) is 0.100. The van der Waals surface area contributed by atoms with Crippen molar-refractivity contribution in [2.75, 3.05) is 5.32 Å². The molecule has 28 heavy (non-hydrogen) atoms. The van der Waals surface area contributed by atoms with Gasteiger partial charge in [0.1, 0.15) is 17.8 Å². The smallest absolute Gasteiger partial charge is 0.260 e. The van der Waals surface area contributed by atoms with Crippen LogP contribution in [0.1, 0.15) is 21.6 Å². The van der Waals surface area contributed by atoms with E-state index in [9.17, 15) is 4.79 Å². The minimum atomic E-state index is -0.296. The molecule has 2 aromatic heterocycles. The molecule has 8 heteroatoms. The quantitative estimate of drug-likeness (QED) is 0.561. The Kier molecular flexibility index (Phi) is 4.90. The van der Waals surface area contributed by atoms with E-state index in [0.717, 1.165) is 11.3 Å². The topological polar surface area (TPSA) is 77.6 Å². The molecule has 0 aliphatic heterocycles. The van der Waals surface area contributed by atoms with Crippen molar-refractivity contribution < 1.29 is 4.79 Å². The van der Waals surface area contributed by atoms with Gasteiger partial charge in [0, 0.05) is 5.69 Å². The van der Waals surface area contributed by atoms with Crippen LogP contribution in [-0.2, 0) is 6.54 Å². The highest BCUT2D eigenvalue weighted by Gasteiger charge is 2.20. The molecule has 0 atom stereocenters. The monoisotopic (exact) mass is 392 g/mol. The summed E-state index contributed by atoms with van der Waals surface area (Å²) in [7, 11) is 0. The van der Waals surface area contributed by atoms with Gasteiger partial charge in [0.25, 0.3) is 5.91 Å². The molecule has 2 aromatic carbocycles. The number of hydrogen-bond donors (Lipinski definition) is 1. The molecule has 4 aromatic rings. The van der Waals surface area contributed by atoms with Crippen LogP contribution < -0.4 is 5.32 Å². The predicted octanol–water partition coefficient (Wildman–Crippen LogP) is 3.73. The van der Waals surface area contributed by atoms with Gasteiger partial charge in [-0.2, -0.15) is 10.2 Å². The van der Waals surface area contributed by atoms with E-state index in [0.29, 0.717) is 28.6 Å². The lowest BCUT2D eigenvalue weighted by atomic mass is 10.2. The minimum absolute atomic E-state index is 0.296. The average molecular weight is 393 g/mol. The van der Waals surface area contributed by atoms with Crippen molar-refractivity contribution in [3.63, 3.8) is 0 Å². The summed E-state index contributed by atoms with van der Waals surface area (Å²) in [5.74, 6) is -0.296. The van der Waals surface area contributed by atoms with Gasteiger partial charge in [0.05, 0.1) is 23.5 Å². The normalized spacial score (nSPS) is 10.8. The highest BCUT2D eigenvalue weighted by Crippen LogP contribution is 2.23. The molecular weight excluding hydrogens is 376 g/mol. The molecule has 0 saturated heterocycles. The molecule has 0 saturated carbocycles. The lowest BCUT2D eigenvalue weighted by Gasteiger charge is -2.07. The Hall–Kier alpha value is -3.45. The highest BCUT2D eigenvalue weighted by molar-refractivity contribution is 6.33. The fourth-order valence-corrected chi connectivity index (χ4v) is 3.23. The lowest BCUT2D eigenvalue weighted by Crippen LogP contribution is -2.13. The number of halogens is 1. The zero-order chi connectivity index (χ0) is 19.5. The number of carbonyl (C=O) groups is 1. The maximum atomic E-state index is 12.8. The summed E-state index contributed by atoms with van der Waals surface area (Å²) < 4.78 is 3.27. The molecule has 0 spiro atoms. The van der Waals surface area contributed by atoms with Crippen LogP contribution in [0.4, 0.5) is 5.69 Å². The SMILES string of the molecule is Cc1nn(Cc2ccccc2)c(Cl)c1C(=O)Nc1ccc(-n2cncn2)cc1. The molecule has 0 bridgehead atoms. The van der Waals surface area contributed by atoms with Gasteiger partial charge < -0.3 is 5.32 Å². The maximum Gasteiger partial charge on any atom is 0.260 e. The van der Waals surface area contributed by atoms with E-state index in [1.165, 1.54) is 6.33 Å². The first-order chi connectivity index (χ1) is 13.6. The summed E-state index contributed by atoms with van der Waals surface area (Å²) in [4.78, 5) is 16.7. The van der Waals surface area contributed by atoms with E-state index in [4.69, 9.17) is 11.6 Å².